The third kappa shape index (κ3) is 0.784. The summed E-state index contributed by atoms with van der Waals surface area (Å²) in [6.07, 6.45) is 6.13. The summed E-state index contributed by atoms with van der Waals surface area (Å²) in [5, 5.41) is 0.116. The molecule has 1 saturated heterocycles. The number of rotatable bonds is 0. The molecule has 0 aromatic heterocycles. The molecule has 2 unspecified atom stereocenters. The van der Waals surface area contributed by atoms with E-state index in [9.17, 15) is 8.42 Å². The molecular weight excluding hydrogens is 216 g/mol. The lowest BCUT2D eigenvalue weighted by molar-refractivity contribution is 0.544. The van der Waals surface area contributed by atoms with Crippen LogP contribution in [0.3, 0.4) is 0 Å². The monoisotopic (exact) mass is 228 g/mol. The normalized spacial score (nSPS) is 59.0. The lowest BCUT2D eigenvalue weighted by Crippen LogP contribution is -2.33. The average Bonchev–Trinajstić information content (AvgIpc) is 2.65. The zero-order valence-electron chi connectivity index (χ0n) is 8.10. The lowest BCUT2D eigenvalue weighted by atomic mass is 9.85. The van der Waals surface area contributed by atoms with Crippen LogP contribution in [0.15, 0.2) is 23.1 Å². The Hall–Kier alpha value is -0.220. The highest BCUT2D eigenvalue weighted by molar-refractivity contribution is 7.94. The average molecular weight is 228 g/mol. The molecular formula is C10H12O2S2. The molecule has 0 radical (unpaired) electrons. The molecule has 0 aliphatic carbocycles. The van der Waals surface area contributed by atoms with Gasteiger partial charge < -0.3 is 0 Å². The smallest absolute Gasteiger partial charge is 0.0691 e. The Morgan fingerprint density at radius 2 is 2.14 bits per heavy atom. The molecule has 0 N–H and O–H groups in total. The van der Waals surface area contributed by atoms with Gasteiger partial charge in [-0.15, -0.1) is 0 Å². The fourth-order valence-corrected chi connectivity index (χ4v) is 7.05. The van der Waals surface area contributed by atoms with Crippen LogP contribution >= 0.6 is 0 Å². The summed E-state index contributed by atoms with van der Waals surface area (Å²) in [6.45, 7) is 3.94. The van der Waals surface area contributed by atoms with Gasteiger partial charge in [0.2, 0.25) is 0 Å². The van der Waals surface area contributed by atoms with Gasteiger partial charge in [-0.05, 0) is 13.8 Å². The van der Waals surface area contributed by atoms with E-state index in [2.05, 4.69) is 12.2 Å². The van der Waals surface area contributed by atoms with Crippen LogP contribution in [0, 0.1) is 5.92 Å². The van der Waals surface area contributed by atoms with Crippen LogP contribution in [0.2, 0.25) is 0 Å². The van der Waals surface area contributed by atoms with E-state index in [1.807, 2.05) is 19.9 Å². The predicted molar refractivity (Wildman–Crippen MR) is 58.7 cm³/mol. The molecule has 76 valence electrons. The Morgan fingerprint density at radius 1 is 1.43 bits per heavy atom. The van der Waals surface area contributed by atoms with Gasteiger partial charge in [0, 0.05) is 21.6 Å². The van der Waals surface area contributed by atoms with Crippen LogP contribution in [0.1, 0.15) is 13.8 Å². The first kappa shape index (κ1) is 9.04. The molecule has 0 saturated carbocycles. The summed E-state index contributed by atoms with van der Waals surface area (Å²) >= 11 is 0. The Morgan fingerprint density at radius 3 is 2.79 bits per heavy atom. The van der Waals surface area contributed by atoms with Crippen molar-refractivity contribution < 1.29 is 8.42 Å². The van der Waals surface area contributed by atoms with E-state index in [0.717, 1.165) is 4.91 Å². The number of fused-ring (bicyclic) bond motifs is 5. The van der Waals surface area contributed by atoms with Crippen molar-refractivity contribution in [2.75, 3.05) is 0 Å². The molecule has 2 bridgehead atoms. The SMILES string of the molecule is CC1=C[C@@H]2[C@@H](C3C=C[C@@]2(C)S3=O)[S@]1=O. The molecule has 14 heavy (non-hydrogen) atoms. The maximum atomic E-state index is 12.0. The minimum absolute atomic E-state index is 0.0273. The first-order valence-corrected chi connectivity index (χ1v) is 7.17. The molecule has 1 fully saturated rings. The highest BCUT2D eigenvalue weighted by Gasteiger charge is 2.61. The van der Waals surface area contributed by atoms with Gasteiger partial charge in [0.05, 0.1) is 26.0 Å². The number of allylic oxidation sites excluding steroid dienone is 2. The Balaban J connectivity index is 2.18. The molecule has 3 heterocycles. The minimum atomic E-state index is -0.902. The van der Waals surface area contributed by atoms with Crippen LogP contribution in [-0.4, -0.2) is 23.7 Å². The van der Waals surface area contributed by atoms with E-state index in [0.29, 0.717) is 0 Å². The van der Waals surface area contributed by atoms with Gasteiger partial charge in [-0.25, -0.2) is 0 Å². The van der Waals surface area contributed by atoms with Crippen LogP contribution in [0.25, 0.3) is 0 Å². The van der Waals surface area contributed by atoms with Crippen LogP contribution in [0.5, 0.6) is 0 Å². The quantitative estimate of drug-likeness (QED) is 0.582. The van der Waals surface area contributed by atoms with Gasteiger partial charge in [0.25, 0.3) is 0 Å². The molecule has 3 aliphatic rings. The van der Waals surface area contributed by atoms with Crippen LogP contribution in [0.4, 0.5) is 0 Å². The highest BCUT2D eigenvalue weighted by Crippen LogP contribution is 2.52. The van der Waals surface area contributed by atoms with Gasteiger partial charge in [0.1, 0.15) is 0 Å². The Bertz CT molecular complexity index is 424. The zero-order chi connectivity index (χ0) is 10.1. The third-order valence-electron chi connectivity index (χ3n) is 3.62. The molecule has 2 nitrogen and oxygen atoms in total. The third-order valence-corrected chi connectivity index (χ3v) is 7.86. The van der Waals surface area contributed by atoms with Crippen LogP contribution < -0.4 is 0 Å². The van der Waals surface area contributed by atoms with Crippen molar-refractivity contribution in [3.63, 3.8) is 0 Å². The summed E-state index contributed by atoms with van der Waals surface area (Å²) in [5.41, 5.74) is 0. The minimum Gasteiger partial charge on any atom is -0.258 e. The molecule has 0 aromatic rings. The van der Waals surface area contributed by atoms with Crippen molar-refractivity contribution in [3.8, 4) is 0 Å². The van der Waals surface area contributed by atoms with E-state index in [-0.39, 0.29) is 21.2 Å². The summed E-state index contributed by atoms with van der Waals surface area (Å²) in [5.74, 6) is 0.235. The number of hydrogen-bond donors (Lipinski definition) is 0. The molecule has 0 amide bonds. The van der Waals surface area contributed by atoms with Gasteiger partial charge >= 0.3 is 0 Å². The van der Waals surface area contributed by atoms with E-state index in [1.165, 1.54) is 0 Å². The fraction of sp³-hybridized carbons (Fsp3) is 0.600. The van der Waals surface area contributed by atoms with Gasteiger partial charge in [0.15, 0.2) is 0 Å². The van der Waals surface area contributed by atoms with Crippen molar-refractivity contribution in [3.05, 3.63) is 23.1 Å². The fourth-order valence-electron chi connectivity index (χ4n) is 2.77. The second kappa shape index (κ2) is 2.47. The zero-order valence-corrected chi connectivity index (χ0v) is 9.73. The molecule has 0 aromatic carbocycles. The Labute approximate surface area is 88.4 Å². The van der Waals surface area contributed by atoms with E-state index >= 15 is 0 Å². The Kier molecular flexibility index (Phi) is 1.60. The van der Waals surface area contributed by atoms with Crippen molar-refractivity contribution in [2.24, 2.45) is 5.92 Å². The van der Waals surface area contributed by atoms with E-state index < -0.39 is 21.6 Å². The van der Waals surface area contributed by atoms with E-state index in [4.69, 9.17) is 0 Å². The maximum Gasteiger partial charge on any atom is 0.0691 e. The first-order chi connectivity index (χ1) is 6.55. The molecule has 3 aliphatic heterocycles. The molecule has 3 rings (SSSR count). The van der Waals surface area contributed by atoms with Crippen molar-refractivity contribution in [1.82, 2.24) is 0 Å². The summed E-state index contributed by atoms with van der Waals surface area (Å²) in [6, 6.07) is 0. The highest BCUT2D eigenvalue weighted by atomic mass is 32.2. The molecule has 4 heteroatoms. The maximum absolute atomic E-state index is 12.0. The molecule has 6 atom stereocenters. The summed E-state index contributed by atoms with van der Waals surface area (Å²) < 4.78 is 23.7. The predicted octanol–water partition coefficient (Wildman–Crippen LogP) is 1.10. The van der Waals surface area contributed by atoms with Gasteiger partial charge in [-0.3, -0.25) is 8.42 Å². The topological polar surface area (TPSA) is 34.1 Å². The van der Waals surface area contributed by atoms with Crippen molar-refractivity contribution >= 4 is 21.6 Å². The summed E-state index contributed by atoms with van der Waals surface area (Å²) in [4.78, 5) is 0.969. The second-order valence-electron chi connectivity index (χ2n) is 4.37. The molecule has 0 spiro atoms. The van der Waals surface area contributed by atoms with Gasteiger partial charge in [-0.2, -0.15) is 0 Å². The van der Waals surface area contributed by atoms with Crippen molar-refractivity contribution in [2.45, 2.75) is 29.1 Å². The summed E-state index contributed by atoms with van der Waals surface area (Å²) in [7, 11) is -1.76. The first-order valence-electron chi connectivity index (χ1n) is 4.75. The largest absolute Gasteiger partial charge is 0.258 e. The second-order valence-corrected chi connectivity index (χ2v) is 8.17. The van der Waals surface area contributed by atoms with Crippen LogP contribution in [-0.2, 0) is 21.6 Å². The van der Waals surface area contributed by atoms with Gasteiger partial charge in [-0.1, -0.05) is 18.2 Å². The van der Waals surface area contributed by atoms with E-state index in [1.54, 1.807) is 0 Å². The number of hydrogen-bond acceptors (Lipinski definition) is 2. The lowest BCUT2D eigenvalue weighted by Gasteiger charge is -2.23. The van der Waals surface area contributed by atoms with Crippen molar-refractivity contribution in [1.29, 1.82) is 0 Å². The standard InChI is InChI=1S/C10H12O2S2/c1-6-5-7-9(13(6)11)8-3-4-10(7,2)14(8)12/h3-5,7-9H,1-2H3/t7-,8?,9+,10-,13+,14?/m1/s1.